The molecule has 0 saturated heterocycles. The number of ether oxygens (including phenoxy) is 1. The normalized spacial score (nSPS) is 11.2. The lowest BCUT2D eigenvalue weighted by Crippen LogP contribution is -2.34. The van der Waals surface area contributed by atoms with Crippen LogP contribution in [0.25, 0.3) is 0 Å². The number of halogens is 1. The first-order chi connectivity index (χ1) is 8.33. The van der Waals surface area contributed by atoms with E-state index in [0.29, 0.717) is 6.54 Å². The van der Waals surface area contributed by atoms with Crippen molar-refractivity contribution in [2.24, 2.45) is 0 Å². The van der Waals surface area contributed by atoms with Gasteiger partial charge < -0.3 is 9.64 Å². The molecule has 0 fully saturated rings. The number of carbonyl (C=O) groups excluding carboxylic acids is 1. The summed E-state index contributed by atoms with van der Waals surface area (Å²) in [5, 5.41) is 0.783. The number of nitrogens with zero attached hydrogens (tertiary/aromatic N) is 1. The largest absolute Gasteiger partial charge is 0.444 e. The Hall–Kier alpha value is -1.03. The molecule has 3 nitrogen and oxygen atoms in total. The molecular formula is C14H20BrNO2. The Kier molecular flexibility index (Phi) is 5.20. The lowest BCUT2D eigenvalue weighted by Gasteiger charge is -2.25. The Morgan fingerprint density at radius 1 is 1.28 bits per heavy atom. The molecular weight excluding hydrogens is 294 g/mol. The van der Waals surface area contributed by atoms with Crippen molar-refractivity contribution in [2.45, 2.75) is 38.2 Å². The molecule has 0 aliphatic heterocycles. The summed E-state index contributed by atoms with van der Waals surface area (Å²) in [5.74, 6) is 0. The van der Waals surface area contributed by atoms with Gasteiger partial charge in [0.1, 0.15) is 5.60 Å². The fraction of sp³-hybridized carbons (Fsp3) is 0.500. The van der Waals surface area contributed by atoms with Crippen molar-refractivity contribution < 1.29 is 9.53 Å². The van der Waals surface area contributed by atoms with Crippen molar-refractivity contribution in [1.82, 2.24) is 4.90 Å². The molecule has 100 valence electrons. The van der Waals surface area contributed by atoms with Crippen LogP contribution in [0, 0.1) is 0 Å². The van der Waals surface area contributed by atoms with E-state index in [2.05, 4.69) is 15.9 Å². The number of benzene rings is 1. The van der Waals surface area contributed by atoms with Gasteiger partial charge in [0.2, 0.25) is 0 Å². The Morgan fingerprint density at radius 2 is 1.83 bits per heavy atom. The SMILES string of the molecule is CN(Cc1ccccc1CBr)C(=O)OC(C)(C)C. The van der Waals surface area contributed by atoms with E-state index in [-0.39, 0.29) is 6.09 Å². The maximum atomic E-state index is 11.9. The Balaban J connectivity index is 2.69. The molecule has 0 heterocycles. The van der Waals surface area contributed by atoms with Gasteiger partial charge in [-0.2, -0.15) is 0 Å². The van der Waals surface area contributed by atoms with Gasteiger partial charge in [-0.1, -0.05) is 40.2 Å². The van der Waals surface area contributed by atoms with Gasteiger partial charge in [0.05, 0.1) is 0 Å². The lowest BCUT2D eigenvalue weighted by atomic mass is 10.1. The molecule has 0 atom stereocenters. The highest BCUT2D eigenvalue weighted by atomic mass is 79.9. The third-order valence-corrected chi connectivity index (χ3v) is 2.98. The summed E-state index contributed by atoms with van der Waals surface area (Å²) in [4.78, 5) is 13.4. The van der Waals surface area contributed by atoms with Crippen LogP contribution in [0.5, 0.6) is 0 Å². The Morgan fingerprint density at radius 3 is 2.33 bits per heavy atom. The molecule has 0 N–H and O–H groups in total. The summed E-state index contributed by atoms with van der Waals surface area (Å²) in [6.07, 6.45) is -0.299. The molecule has 0 radical (unpaired) electrons. The van der Waals surface area contributed by atoms with Crippen LogP contribution in [-0.2, 0) is 16.6 Å². The highest BCUT2D eigenvalue weighted by molar-refractivity contribution is 9.08. The minimum atomic E-state index is -0.458. The van der Waals surface area contributed by atoms with E-state index >= 15 is 0 Å². The van der Waals surface area contributed by atoms with E-state index in [9.17, 15) is 4.79 Å². The minimum absolute atomic E-state index is 0.299. The van der Waals surface area contributed by atoms with Gasteiger partial charge in [-0.3, -0.25) is 0 Å². The summed E-state index contributed by atoms with van der Waals surface area (Å²) in [6, 6.07) is 8.04. The van der Waals surface area contributed by atoms with Crippen LogP contribution in [-0.4, -0.2) is 23.6 Å². The monoisotopic (exact) mass is 313 g/mol. The molecule has 1 aromatic rings. The first-order valence-corrected chi connectivity index (χ1v) is 7.02. The molecule has 18 heavy (non-hydrogen) atoms. The average Bonchev–Trinajstić information content (AvgIpc) is 2.27. The first-order valence-electron chi connectivity index (χ1n) is 5.90. The Labute approximate surface area is 117 Å². The fourth-order valence-electron chi connectivity index (χ4n) is 1.50. The predicted octanol–water partition coefficient (Wildman–Crippen LogP) is 3.95. The standard InChI is InChI=1S/C14H20BrNO2/c1-14(2,3)18-13(17)16(4)10-12-8-6-5-7-11(12)9-15/h5-8H,9-10H2,1-4H3. The summed E-state index contributed by atoms with van der Waals surface area (Å²) in [7, 11) is 1.75. The van der Waals surface area contributed by atoms with Crippen LogP contribution in [0.1, 0.15) is 31.9 Å². The van der Waals surface area contributed by atoms with E-state index in [4.69, 9.17) is 4.74 Å². The topological polar surface area (TPSA) is 29.5 Å². The second-order valence-corrected chi connectivity index (χ2v) is 5.80. The molecule has 0 unspecified atom stereocenters. The number of amides is 1. The van der Waals surface area contributed by atoms with Crippen molar-refractivity contribution >= 4 is 22.0 Å². The van der Waals surface area contributed by atoms with Gasteiger partial charge in [0, 0.05) is 18.9 Å². The van der Waals surface area contributed by atoms with Gasteiger partial charge in [0.15, 0.2) is 0 Å². The molecule has 1 aromatic carbocycles. The van der Waals surface area contributed by atoms with Gasteiger partial charge >= 0.3 is 6.09 Å². The van der Waals surface area contributed by atoms with Crippen LogP contribution >= 0.6 is 15.9 Å². The maximum absolute atomic E-state index is 11.9. The number of hydrogen-bond donors (Lipinski definition) is 0. The molecule has 0 bridgehead atoms. The second kappa shape index (κ2) is 6.23. The third-order valence-electron chi connectivity index (χ3n) is 2.38. The first kappa shape index (κ1) is 15.0. The zero-order valence-corrected chi connectivity index (χ0v) is 13.0. The third kappa shape index (κ3) is 4.69. The second-order valence-electron chi connectivity index (χ2n) is 5.24. The fourth-order valence-corrected chi connectivity index (χ4v) is 2.05. The van der Waals surface area contributed by atoms with E-state index in [1.165, 1.54) is 5.56 Å². The van der Waals surface area contributed by atoms with Crippen LogP contribution in [0.3, 0.4) is 0 Å². The zero-order chi connectivity index (χ0) is 13.8. The van der Waals surface area contributed by atoms with Crippen molar-refractivity contribution in [2.75, 3.05) is 7.05 Å². The Bertz CT molecular complexity index is 413. The van der Waals surface area contributed by atoms with E-state index < -0.39 is 5.60 Å². The lowest BCUT2D eigenvalue weighted by molar-refractivity contribution is 0.0285. The molecule has 4 heteroatoms. The summed E-state index contributed by atoms with van der Waals surface area (Å²) in [5.41, 5.74) is 1.86. The summed E-state index contributed by atoms with van der Waals surface area (Å²) < 4.78 is 5.32. The van der Waals surface area contributed by atoms with Crippen LogP contribution in [0.2, 0.25) is 0 Å². The number of alkyl halides is 1. The van der Waals surface area contributed by atoms with Gasteiger partial charge in [-0.15, -0.1) is 0 Å². The van der Waals surface area contributed by atoms with E-state index in [0.717, 1.165) is 10.9 Å². The van der Waals surface area contributed by atoms with Gasteiger partial charge in [0.25, 0.3) is 0 Å². The van der Waals surface area contributed by atoms with Crippen molar-refractivity contribution in [3.63, 3.8) is 0 Å². The van der Waals surface area contributed by atoms with Gasteiger partial charge in [-0.05, 0) is 31.9 Å². The number of hydrogen-bond acceptors (Lipinski definition) is 2. The number of carbonyl (C=O) groups is 1. The van der Waals surface area contributed by atoms with Crippen molar-refractivity contribution in [3.8, 4) is 0 Å². The summed E-state index contributed by atoms with van der Waals surface area (Å²) in [6.45, 7) is 6.15. The van der Waals surface area contributed by atoms with Gasteiger partial charge in [-0.25, -0.2) is 4.79 Å². The molecule has 0 spiro atoms. The number of rotatable bonds is 3. The highest BCUT2D eigenvalue weighted by Crippen LogP contribution is 2.16. The molecule has 0 aromatic heterocycles. The zero-order valence-electron chi connectivity index (χ0n) is 11.4. The molecule has 0 aliphatic carbocycles. The van der Waals surface area contributed by atoms with Crippen LogP contribution in [0.4, 0.5) is 4.79 Å². The quantitative estimate of drug-likeness (QED) is 0.791. The molecule has 0 saturated carbocycles. The van der Waals surface area contributed by atoms with Crippen molar-refractivity contribution in [3.05, 3.63) is 35.4 Å². The molecule has 1 rings (SSSR count). The maximum Gasteiger partial charge on any atom is 0.410 e. The highest BCUT2D eigenvalue weighted by Gasteiger charge is 2.19. The van der Waals surface area contributed by atoms with Crippen LogP contribution < -0.4 is 0 Å². The van der Waals surface area contributed by atoms with E-state index in [1.54, 1.807) is 11.9 Å². The molecule has 0 aliphatic rings. The van der Waals surface area contributed by atoms with Crippen molar-refractivity contribution in [1.29, 1.82) is 0 Å². The van der Waals surface area contributed by atoms with E-state index in [1.807, 2.05) is 45.0 Å². The minimum Gasteiger partial charge on any atom is -0.444 e. The smallest absolute Gasteiger partial charge is 0.410 e. The predicted molar refractivity (Wildman–Crippen MR) is 76.8 cm³/mol. The average molecular weight is 314 g/mol. The summed E-state index contributed by atoms with van der Waals surface area (Å²) >= 11 is 3.45. The molecule has 1 amide bonds. The van der Waals surface area contributed by atoms with Crippen LogP contribution in [0.15, 0.2) is 24.3 Å².